The van der Waals surface area contributed by atoms with Gasteiger partial charge in [0.05, 0.1) is 0 Å². The second-order valence-electron chi connectivity index (χ2n) is 6.85. The highest BCUT2D eigenvalue weighted by Gasteiger charge is 2.21. The summed E-state index contributed by atoms with van der Waals surface area (Å²) >= 11 is 0. The van der Waals surface area contributed by atoms with E-state index < -0.39 is 0 Å². The van der Waals surface area contributed by atoms with E-state index in [2.05, 4.69) is 10.2 Å². The van der Waals surface area contributed by atoms with Gasteiger partial charge in [-0.15, -0.1) is 0 Å². The number of carbonyl (C=O) groups is 2. The molecular weight excluding hydrogens is 345 g/mol. The normalized spacial score (nSPS) is 15.5. The summed E-state index contributed by atoms with van der Waals surface area (Å²) in [6, 6.07) is 14.1. The Labute approximate surface area is 158 Å². The summed E-state index contributed by atoms with van der Waals surface area (Å²) < 4.78 is 13.4. The van der Waals surface area contributed by atoms with E-state index in [-0.39, 0.29) is 17.6 Å². The first kappa shape index (κ1) is 19.0. The Morgan fingerprint density at radius 1 is 1.04 bits per heavy atom. The third-order valence-electron chi connectivity index (χ3n) is 4.62. The minimum atomic E-state index is -0.279. The molecule has 2 aromatic carbocycles. The second kappa shape index (κ2) is 8.77. The number of carbonyl (C=O) groups excluding carboxylic acids is 2. The first-order valence-electron chi connectivity index (χ1n) is 9.11. The van der Waals surface area contributed by atoms with E-state index >= 15 is 0 Å². The maximum atomic E-state index is 13.4. The van der Waals surface area contributed by atoms with Crippen molar-refractivity contribution >= 4 is 17.5 Å². The van der Waals surface area contributed by atoms with Crippen molar-refractivity contribution in [2.45, 2.75) is 26.4 Å². The molecule has 1 N–H and O–H groups in total. The van der Waals surface area contributed by atoms with Gasteiger partial charge in [0, 0.05) is 51.8 Å². The Morgan fingerprint density at radius 2 is 1.81 bits per heavy atom. The van der Waals surface area contributed by atoms with Crippen molar-refractivity contribution in [3.05, 3.63) is 65.5 Å². The summed E-state index contributed by atoms with van der Waals surface area (Å²) in [5.74, 6) is -0.269. The van der Waals surface area contributed by atoms with Crippen LogP contribution in [0.5, 0.6) is 0 Å². The Hall–Kier alpha value is -2.73. The molecule has 0 bridgehead atoms. The number of benzene rings is 2. The van der Waals surface area contributed by atoms with Crippen LogP contribution in [0.2, 0.25) is 0 Å². The van der Waals surface area contributed by atoms with Crippen molar-refractivity contribution in [1.82, 2.24) is 9.80 Å². The SMILES string of the molecule is CC(=O)Nc1ccc(CN2CCC(=O)N(Cc3cccc(F)c3)CC2)cc1. The van der Waals surface area contributed by atoms with Gasteiger partial charge < -0.3 is 10.2 Å². The van der Waals surface area contributed by atoms with Crippen LogP contribution < -0.4 is 5.32 Å². The zero-order chi connectivity index (χ0) is 19.2. The average molecular weight is 369 g/mol. The van der Waals surface area contributed by atoms with Crippen LogP contribution in [0.25, 0.3) is 0 Å². The first-order valence-corrected chi connectivity index (χ1v) is 9.11. The number of anilines is 1. The minimum Gasteiger partial charge on any atom is -0.337 e. The highest BCUT2D eigenvalue weighted by Crippen LogP contribution is 2.15. The molecule has 6 heteroatoms. The fraction of sp³-hybridized carbons (Fsp3) is 0.333. The van der Waals surface area contributed by atoms with Gasteiger partial charge in [0.25, 0.3) is 0 Å². The van der Waals surface area contributed by atoms with Crippen LogP contribution in [-0.2, 0) is 22.7 Å². The Bertz CT molecular complexity index is 807. The van der Waals surface area contributed by atoms with Crippen molar-refractivity contribution in [1.29, 1.82) is 0 Å². The van der Waals surface area contributed by atoms with Crippen LogP contribution in [0.15, 0.2) is 48.5 Å². The van der Waals surface area contributed by atoms with Crippen LogP contribution in [0.3, 0.4) is 0 Å². The van der Waals surface area contributed by atoms with Crippen molar-refractivity contribution in [3.63, 3.8) is 0 Å². The first-order chi connectivity index (χ1) is 13.0. The Kier molecular flexibility index (Phi) is 6.19. The number of hydrogen-bond acceptors (Lipinski definition) is 3. The van der Waals surface area contributed by atoms with Crippen LogP contribution in [0.4, 0.5) is 10.1 Å². The maximum Gasteiger partial charge on any atom is 0.224 e. The molecular formula is C21H24FN3O2. The smallest absolute Gasteiger partial charge is 0.224 e. The van der Waals surface area contributed by atoms with E-state index in [4.69, 9.17) is 0 Å². The van der Waals surface area contributed by atoms with Gasteiger partial charge in [-0.05, 0) is 35.4 Å². The Balaban J connectivity index is 1.57. The van der Waals surface area contributed by atoms with Crippen molar-refractivity contribution in [2.75, 3.05) is 25.0 Å². The van der Waals surface area contributed by atoms with E-state index in [9.17, 15) is 14.0 Å². The van der Waals surface area contributed by atoms with E-state index in [1.165, 1.54) is 19.1 Å². The molecule has 1 aliphatic rings. The highest BCUT2D eigenvalue weighted by molar-refractivity contribution is 5.88. The number of nitrogens with zero attached hydrogens (tertiary/aromatic N) is 2. The molecule has 0 unspecified atom stereocenters. The molecule has 3 rings (SSSR count). The van der Waals surface area contributed by atoms with Gasteiger partial charge >= 0.3 is 0 Å². The predicted octanol–water partition coefficient (Wildman–Crippen LogP) is 3.02. The number of hydrogen-bond donors (Lipinski definition) is 1. The van der Waals surface area contributed by atoms with Crippen LogP contribution >= 0.6 is 0 Å². The molecule has 1 aliphatic heterocycles. The Morgan fingerprint density at radius 3 is 2.52 bits per heavy atom. The molecule has 0 atom stereocenters. The van der Waals surface area contributed by atoms with Gasteiger partial charge in [0.2, 0.25) is 11.8 Å². The zero-order valence-electron chi connectivity index (χ0n) is 15.5. The van der Waals surface area contributed by atoms with E-state index in [0.29, 0.717) is 26.1 Å². The molecule has 0 aliphatic carbocycles. The number of rotatable bonds is 5. The van der Waals surface area contributed by atoms with E-state index in [1.54, 1.807) is 11.0 Å². The van der Waals surface area contributed by atoms with Crippen molar-refractivity contribution in [2.24, 2.45) is 0 Å². The molecule has 0 spiro atoms. The molecule has 0 radical (unpaired) electrons. The lowest BCUT2D eigenvalue weighted by atomic mass is 10.2. The van der Waals surface area contributed by atoms with Gasteiger partial charge in [0.1, 0.15) is 5.82 Å². The van der Waals surface area contributed by atoms with Crippen LogP contribution in [0.1, 0.15) is 24.5 Å². The van der Waals surface area contributed by atoms with Gasteiger partial charge in [-0.25, -0.2) is 4.39 Å². The lowest BCUT2D eigenvalue weighted by molar-refractivity contribution is -0.131. The molecule has 2 aromatic rings. The van der Waals surface area contributed by atoms with Crippen LogP contribution in [-0.4, -0.2) is 41.2 Å². The summed E-state index contributed by atoms with van der Waals surface area (Å²) in [6.07, 6.45) is 0.458. The topological polar surface area (TPSA) is 52.7 Å². The standard InChI is InChI=1S/C21H24FN3O2/c1-16(26)23-20-7-5-17(6-8-20)14-24-10-9-21(27)25(12-11-24)15-18-3-2-4-19(22)13-18/h2-8,13H,9-12,14-15H2,1H3,(H,23,26). The van der Waals surface area contributed by atoms with Crippen LogP contribution in [0, 0.1) is 5.82 Å². The van der Waals surface area contributed by atoms with Crippen molar-refractivity contribution in [3.8, 4) is 0 Å². The molecule has 5 nitrogen and oxygen atoms in total. The van der Waals surface area contributed by atoms with Gasteiger partial charge in [-0.2, -0.15) is 0 Å². The lowest BCUT2D eigenvalue weighted by Gasteiger charge is -2.22. The van der Waals surface area contributed by atoms with Gasteiger partial charge in [-0.1, -0.05) is 24.3 Å². The fourth-order valence-electron chi connectivity index (χ4n) is 3.25. The molecule has 142 valence electrons. The molecule has 0 saturated carbocycles. The average Bonchev–Trinajstić information content (AvgIpc) is 2.79. The summed E-state index contributed by atoms with van der Waals surface area (Å²) in [5, 5.41) is 2.75. The third kappa shape index (κ3) is 5.62. The monoisotopic (exact) mass is 369 g/mol. The summed E-state index contributed by atoms with van der Waals surface area (Å²) in [6.45, 7) is 4.77. The molecule has 1 fully saturated rings. The van der Waals surface area contributed by atoms with E-state index in [0.717, 1.165) is 29.9 Å². The van der Waals surface area contributed by atoms with Gasteiger partial charge in [0.15, 0.2) is 0 Å². The summed E-state index contributed by atoms with van der Waals surface area (Å²) in [7, 11) is 0. The fourth-order valence-corrected chi connectivity index (χ4v) is 3.25. The van der Waals surface area contributed by atoms with E-state index in [1.807, 2.05) is 30.3 Å². The second-order valence-corrected chi connectivity index (χ2v) is 6.85. The lowest BCUT2D eigenvalue weighted by Crippen LogP contribution is -2.32. The molecule has 0 aromatic heterocycles. The largest absolute Gasteiger partial charge is 0.337 e. The number of nitrogens with one attached hydrogen (secondary N) is 1. The summed E-state index contributed by atoms with van der Waals surface area (Å²) in [4.78, 5) is 27.5. The third-order valence-corrected chi connectivity index (χ3v) is 4.62. The zero-order valence-corrected chi connectivity index (χ0v) is 15.5. The number of halogens is 1. The summed E-state index contributed by atoms with van der Waals surface area (Å²) in [5.41, 5.74) is 2.72. The highest BCUT2D eigenvalue weighted by atomic mass is 19.1. The molecule has 1 saturated heterocycles. The number of amides is 2. The predicted molar refractivity (Wildman–Crippen MR) is 102 cm³/mol. The molecule has 27 heavy (non-hydrogen) atoms. The van der Waals surface area contributed by atoms with Gasteiger partial charge in [-0.3, -0.25) is 14.5 Å². The van der Waals surface area contributed by atoms with Crippen molar-refractivity contribution < 1.29 is 14.0 Å². The molecule has 1 heterocycles. The minimum absolute atomic E-state index is 0.0906. The quantitative estimate of drug-likeness (QED) is 0.881. The molecule has 2 amide bonds. The maximum absolute atomic E-state index is 13.4.